The summed E-state index contributed by atoms with van der Waals surface area (Å²) in [6.07, 6.45) is 0. The molecule has 0 saturated heterocycles. The number of halogens is 4. The minimum absolute atomic E-state index is 0.0420. The Morgan fingerprint density at radius 3 is 2.45 bits per heavy atom. The lowest BCUT2D eigenvalue weighted by atomic mass is 10.0. The first-order chi connectivity index (χ1) is 10.6. The van der Waals surface area contributed by atoms with Gasteiger partial charge in [0, 0.05) is 5.56 Å². The fraction of sp³-hybridized carbons (Fsp3) is 0.143. The zero-order valence-corrected chi connectivity index (χ0v) is 10.7. The molecule has 0 bridgehead atoms. The van der Waals surface area contributed by atoms with E-state index in [9.17, 15) is 17.6 Å². The molecule has 1 unspecified atom stereocenters. The zero-order valence-electron chi connectivity index (χ0n) is 10.7. The zero-order chi connectivity index (χ0) is 15.4. The maximum absolute atomic E-state index is 14.2. The molecule has 8 heteroatoms. The Hall–Kier alpha value is -2.64. The second kappa shape index (κ2) is 4.43. The molecule has 0 spiro atoms. The standard InChI is InChI=1S/C14H6F4O4/c15-8-7(5-2-1-3-6-11(5)20-4-19-6)12-13(10(17)9(8)16)22-14(18)21-12/h1-3,14H,4H2. The van der Waals surface area contributed by atoms with Crippen LogP contribution in [0.2, 0.25) is 0 Å². The average Bonchev–Trinajstić information content (AvgIpc) is 3.12. The van der Waals surface area contributed by atoms with Crippen LogP contribution in [0.3, 0.4) is 0 Å². The van der Waals surface area contributed by atoms with Gasteiger partial charge in [0.15, 0.2) is 28.9 Å². The number of alkyl halides is 1. The lowest BCUT2D eigenvalue weighted by Crippen LogP contribution is -2.09. The summed E-state index contributed by atoms with van der Waals surface area (Å²) in [5.41, 5.74) is -0.447. The van der Waals surface area contributed by atoms with Crippen LogP contribution in [-0.2, 0) is 0 Å². The number of benzene rings is 2. The fourth-order valence-corrected chi connectivity index (χ4v) is 2.41. The van der Waals surface area contributed by atoms with Crippen molar-refractivity contribution in [2.24, 2.45) is 0 Å². The highest BCUT2D eigenvalue weighted by Gasteiger charge is 2.37. The molecule has 2 aliphatic heterocycles. The number of ether oxygens (including phenoxy) is 4. The van der Waals surface area contributed by atoms with Crippen LogP contribution in [0.4, 0.5) is 17.6 Å². The van der Waals surface area contributed by atoms with E-state index in [1.54, 1.807) is 6.07 Å². The van der Waals surface area contributed by atoms with Gasteiger partial charge in [-0.25, -0.2) is 8.78 Å². The van der Waals surface area contributed by atoms with Crippen LogP contribution in [0.15, 0.2) is 18.2 Å². The topological polar surface area (TPSA) is 36.9 Å². The van der Waals surface area contributed by atoms with Crippen LogP contribution in [0.5, 0.6) is 23.0 Å². The van der Waals surface area contributed by atoms with E-state index < -0.39 is 41.1 Å². The predicted molar refractivity (Wildman–Crippen MR) is 64.0 cm³/mol. The number of hydrogen-bond acceptors (Lipinski definition) is 4. The highest BCUT2D eigenvalue weighted by Crippen LogP contribution is 2.52. The maximum Gasteiger partial charge on any atom is 0.397 e. The van der Waals surface area contributed by atoms with E-state index in [0.29, 0.717) is 5.75 Å². The van der Waals surface area contributed by atoms with Crippen molar-refractivity contribution in [2.75, 3.05) is 6.79 Å². The molecule has 0 amide bonds. The Morgan fingerprint density at radius 1 is 0.864 bits per heavy atom. The summed E-state index contributed by atoms with van der Waals surface area (Å²) < 4.78 is 74.2. The lowest BCUT2D eigenvalue weighted by molar-refractivity contribution is -0.0662. The van der Waals surface area contributed by atoms with E-state index in [-0.39, 0.29) is 18.1 Å². The molecule has 0 radical (unpaired) electrons. The lowest BCUT2D eigenvalue weighted by Gasteiger charge is -2.11. The molecule has 4 rings (SSSR count). The maximum atomic E-state index is 14.2. The molecule has 114 valence electrons. The van der Waals surface area contributed by atoms with Crippen molar-refractivity contribution in [1.82, 2.24) is 0 Å². The van der Waals surface area contributed by atoms with Gasteiger partial charge in [-0.15, -0.1) is 0 Å². The van der Waals surface area contributed by atoms with Gasteiger partial charge in [-0.05, 0) is 6.07 Å². The van der Waals surface area contributed by atoms with E-state index in [0.717, 1.165) is 0 Å². The molecule has 2 aromatic carbocycles. The Balaban J connectivity index is 2.03. The average molecular weight is 314 g/mol. The van der Waals surface area contributed by atoms with Crippen LogP contribution in [0, 0.1) is 17.5 Å². The molecular formula is C14H6F4O4. The minimum atomic E-state index is -2.35. The van der Waals surface area contributed by atoms with E-state index in [4.69, 9.17) is 9.47 Å². The minimum Gasteiger partial charge on any atom is -0.454 e. The van der Waals surface area contributed by atoms with Gasteiger partial charge in [-0.3, -0.25) is 0 Å². The molecule has 0 N–H and O–H groups in total. The summed E-state index contributed by atoms with van der Waals surface area (Å²) in [5.74, 6) is -5.93. The number of fused-ring (bicyclic) bond motifs is 2. The van der Waals surface area contributed by atoms with Crippen molar-refractivity contribution < 1.29 is 36.5 Å². The van der Waals surface area contributed by atoms with Gasteiger partial charge in [0.1, 0.15) is 0 Å². The molecule has 4 nitrogen and oxygen atoms in total. The molecule has 1 atom stereocenters. The molecule has 0 aliphatic carbocycles. The van der Waals surface area contributed by atoms with Crippen LogP contribution in [-0.4, -0.2) is 13.3 Å². The highest BCUT2D eigenvalue weighted by atomic mass is 19.2. The fourth-order valence-electron chi connectivity index (χ4n) is 2.41. The third-order valence-electron chi connectivity index (χ3n) is 3.32. The summed E-state index contributed by atoms with van der Waals surface area (Å²) in [6.45, 7) is -2.46. The van der Waals surface area contributed by atoms with Crippen molar-refractivity contribution in [1.29, 1.82) is 0 Å². The quantitative estimate of drug-likeness (QED) is 0.596. The first-order valence-electron chi connectivity index (χ1n) is 6.14. The normalized spacial score (nSPS) is 17.9. The summed E-state index contributed by atoms with van der Waals surface area (Å²) >= 11 is 0. The molecule has 2 heterocycles. The van der Waals surface area contributed by atoms with Gasteiger partial charge in [-0.2, -0.15) is 8.78 Å². The Morgan fingerprint density at radius 2 is 1.64 bits per heavy atom. The predicted octanol–water partition coefficient (Wildman–Crippen LogP) is 3.52. The third kappa shape index (κ3) is 1.63. The van der Waals surface area contributed by atoms with Crippen molar-refractivity contribution in [3.8, 4) is 34.1 Å². The van der Waals surface area contributed by atoms with Gasteiger partial charge >= 0.3 is 6.54 Å². The van der Waals surface area contributed by atoms with Crippen LogP contribution in [0.25, 0.3) is 11.1 Å². The number of hydrogen-bond donors (Lipinski definition) is 0. The Kier molecular flexibility index (Phi) is 2.63. The Bertz CT molecular complexity index is 793. The highest BCUT2D eigenvalue weighted by molar-refractivity contribution is 5.82. The first kappa shape index (κ1) is 13.1. The third-order valence-corrected chi connectivity index (χ3v) is 3.32. The van der Waals surface area contributed by atoms with E-state index in [1.165, 1.54) is 12.1 Å². The van der Waals surface area contributed by atoms with Gasteiger partial charge in [-0.1, -0.05) is 12.1 Å². The molecule has 0 fully saturated rings. The SMILES string of the molecule is Fc1c(F)c2c(c(-c3cccc4c3OCO4)c1F)OC(F)O2. The second-order valence-electron chi connectivity index (χ2n) is 4.52. The summed E-state index contributed by atoms with van der Waals surface area (Å²) in [5, 5.41) is 0. The van der Waals surface area contributed by atoms with Crippen LogP contribution in [0.1, 0.15) is 0 Å². The first-order valence-corrected chi connectivity index (χ1v) is 6.14. The van der Waals surface area contributed by atoms with E-state index >= 15 is 0 Å². The Labute approximate surface area is 120 Å². The summed E-state index contributed by atoms with van der Waals surface area (Å²) in [6, 6.07) is 4.44. The van der Waals surface area contributed by atoms with Crippen molar-refractivity contribution in [3.63, 3.8) is 0 Å². The van der Waals surface area contributed by atoms with Crippen LogP contribution >= 0.6 is 0 Å². The van der Waals surface area contributed by atoms with E-state index in [2.05, 4.69) is 9.47 Å². The van der Waals surface area contributed by atoms with Gasteiger partial charge in [0.05, 0.1) is 5.56 Å². The van der Waals surface area contributed by atoms with Crippen molar-refractivity contribution in [2.45, 2.75) is 6.54 Å². The molecule has 0 saturated carbocycles. The van der Waals surface area contributed by atoms with Crippen molar-refractivity contribution >= 4 is 0 Å². The number of rotatable bonds is 1. The molecule has 22 heavy (non-hydrogen) atoms. The molecular weight excluding hydrogens is 308 g/mol. The molecule has 0 aromatic heterocycles. The van der Waals surface area contributed by atoms with Crippen molar-refractivity contribution in [3.05, 3.63) is 35.7 Å². The second-order valence-corrected chi connectivity index (χ2v) is 4.52. The van der Waals surface area contributed by atoms with Gasteiger partial charge < -0.3 is 18.9 Å². The summed E-state index contributed by atoms with van der Waals surface area (Å²) in [7, 11) is 0. The smallest absolute Gasteiger partial charge is 0.397 e. The number of para-hydroxylation sites is 1. The molecule has 2 aliphatic rings. The van der Waals surface area contributed by atoms with Crippen LogP contribution < -0.4 is 18.9 Å². The monoisotopic (exact) mass is 314 g/mol. The van der Waals surface area contributed by atoms with E-state index in [1.807, 2.05) is 0 Å². The molecule has 2 aromatic rings. The van der Waals surface area contributed by atoms with Gasteiger partial charge in [0.2, 0.25) is 18.4 Å². The largest absolute Gasteiger partial charge is 0.454 e. The summed E-state index contributed by atoms with van der Waals surface area (Å²) in [4.78, 5) is 0. The van der Waals surface area contributed by atoms with Gasteiger partial charge in [0.25, 0.3) is 0 Å².